The smallest absolute Gasteiger partial charge is 0.205 e. The first-order chi connectivity index (χ1) is 13.9. The van der Waals surface area contributed by atoms with Crippen molar-refractivity contribution >= 4 is 50.4 Å². The molecule has 142 valence electrons. The van der Waals surface area contributed by atoms with Crippen LogP contribution in [-0.4, -0.2) is 10.8 Å². The summed E-state index contributed by atoms with van der Waals surface area (Å²) in [5.41, 5.74) is 14.2. The third-order valence-corrected chi connectivity index (χ3v) is 5.81. The summed E-state index contributed by atoms with van der Waals surface area (Å²) >= 11 is 7.06. The van der Waals surface area contributed by atoms with Crippen LogP contribution in [0.25, 0.3) is 21.3 Å². The maximum Gasteiger partial charge on any atom is 0.205 e. The molecule has 8 heteroatoms. The van der Waals surface area contributed by atoms with Gasteiger partial charge in [0.05, 0.1) is 5.69 Å². The molecule has 0 fully saturated rings. The van der Waals surface area contributed by atoms with Crippen molar-refractivity contribution in [3.63, 3.8) is 0 Å². The Balaban J connectivity index is 2.00. The van der Waals surface area contributed by atoms with E-state index < -0.39 is 5.82 Å². The number of thiophene rings is 1. The van der Waals surface area contributed by atoms with Gasteiger partial charge in [-0.15, -0.1) is 11.3 Å². The normalized spacial score (nSPS) is 10.8. The zero-order valence-electron chi connectivity index (χ0n) is 14.7. The van der Waals surface area contributed by atoms with Crippen molar-refractivity contribution in [1.82, 2.24) is 4.98 Å². The molecular weight excluding hydrogens is 411 g/mol. The van der Waals surface area contributed by atoms with Crippen molar-refractivity contribution in [3.05, 3.63) is 75.4 Å². The number of hydrogen-bond acceptors (Lipinski definition) is 6. The average Bonchev–Trinajstić information content (AvgIpc) is 3.03. The standard InChI is InChI=1S/C21H12ClFN4OS/c22-12-5-1-10(2-6-12)15-14(9-24)20(26)27-21-16(15)17(25)19(29-21)18(28)11-3-7-13(23)8-4-11/h1-8H,25H2,(H2,26,27). The van der Waals surface area contributed by atoms with Crippen LogP contribution in [0.2, 0.25) is 5.02 Å². The molecule has 0 unspecified atom stereocenters. The van der Waals surface area contributed by atoms with Crippen LogP contribution in [0.3, 0.4) is 0 Å². The number of nitriles is 1. The van der Waals surface area contributed by atoms with E-state index in [0.717, 1.165) is 11.3 Å². The molecule has 4 rings (SSSR count). The number of nitrogens with two attached hydrogens (primary N) is 2. The van der Waals surface area contributed by atoms with Crippen LogP contribution in [0.1, 0.15) is 20.8 Å². The maximum atomic E-state index is 13.2. The molecule has 4 aromatic rings. The number of halogens is 2. The van der Waals surface area contributed by atoms with E-state index in [4.69, 9.17) is 23.1 Å². The summed E-state index contributed by atoms with van der Waals surface area (Å²) in [5, 5.41) is 10.7. The van der Waals surface area contributed by atoms with E-state index in [0.29, 0.717) is 31.9 Å². The summed E-state index contributed by atoms with van der Waals surface area (Å²) in [5.74, 6) is -0.749. The van der Waals surface area contributed by atoms with E-state index in [1.807, 2.05) is 0 Å². The Hall–Kier alpha value is -3.47. The molecule has 29 heavy (non-hydrogen) atoms. The number of anilines is 2. The third kappa shape index (κ3) is 3.18. The highest BCUT2D eigenvalue weighted by Gasteiger charge is 2.24. The fourth-order valence-corrected chi connectivity index (χ4v) is 4.29. The molecule has 0 spiro atoms. The first kappa shape index (κ1) is 18.9. The van der Waals surface area contributed by atoms with Crippen molar-refractivity contribution < 1.29 is 9.18 Å². The zero-order chi connectivity index (χ0) is 20.7. The van der Waals surface area contributed by atoms with Gasteiger partial charge in [0.25, 0.3) is 0 Å². The summed E-state index contributed by atoms with van der Waals surface area (Å²) in [7, 11) is 0. The molecule has 2 aromatic heterocycles. The van der Waals surface area contributed by atoms with Crippen LogP contribution < -0.4 is 11.5 Å². The second-order valence-corrected chi connectivity index (χ2v) is 7.66. The van der Waals surface area contributed by atoms with E-state index in [9.17, 15) is 14.4 Å². The van der Waals surface area contributed by atoms with Gasteiger partial charge < -0.3 is 11.5 Å². The Morgan fingerprint density at radius 3 is 2.38 bits per heavy atom. The van der Waals surface area contributed by atoms with Crippen LogP contribution in [0.4, 0.5) is 15.9 Å². The van der Waals surface area contributed by atoms with Gasteiger partial charge >= 0.3 is 0 Å². The number of carbonyl (C=O) groups is 1. The van der Waals surface area contributed by atoms with Crippen LogP contribution in [0.5, 0.6) is 0 Å². The zero-order valence-corrected chi connectivity index (χ0v) is 16.3. The van der Waals surface area contributed by atoms with Crippen molar-refractivity contribution in [2.45, 2.75) is 0 Å². The molecule has 0 saturated heterocycles. The summed E-state index contributed by atoms with van der Waals surface area (Å²) in [6, 6.07) is 14.1. The van der Waals surface area contributed by atoms with Gasteiger partial charge in [-0.1, -0.05) is 23.7 Å². The number of benzene rings is 2. The van der Waals surface area contributed by atoms with Gasteiger partial charge in [-0.05, 0) is 42.0 Å². The first-order valence-electron chi connectivity index (χ1n) is 8.38. The molecule has 4 N–H and O–H groups in total. The minimum absolute atomic E-state index is 0.0481. The number of fused-ring (bicyclic) bond motifs is 1. The Labute approximate surface area is 174 Å². The molecule has 0 radical (unpaired) electrons. The van der Waals surface area contributed by atoms with E-state index in [1.54, 1.807) is 24.3 Å². The number of rotatable bonds is 3. The SMILES string of the molecule is N#Cc1c(N)nc2sc(C(=O)c3ccc(F)cc3)c(N)c2c1-c1ccc(Cl)cc1. The number of carbonyl (C=O) groups excluding carboxylic acids is 1. The highest BCUT2D eigenvalue weighted by Crippen LogP contribution is 2.43. The van der Waals surface area contributed by atoms with Gasteiger partial charge in [0.15, 0.2) is 0 Å². The van der Waals surface area contributed by atoms with Gasteiger partial charge in [0, 0.05) is 21.5 Å². The predicted octanol–water partition coefficient (Wildman–Crippen LogP) is 5.02. The summed E-state index contributed by atoms with van der Waals surface area (Å²) in [6.07, 6.45) is 0. The highest BCUT2D eigenvalue weighted by molar-refractivity contribution is 7.21. The molecule has 2 heterocycles. The lowest BCUT2D eigenvalue weighted by Gasteiger charge is -2.09. The summed E-state index contributed by atoms with van der Waals surface area (Å²) in [6.45, 7) is 0. The number of nitrogen functional groups attached to an aromatic ring is 2. The van der Waals surface area contributed by atoms with Crippen molar-refractivity contribution in [2.24, 2.45) is 0 Å². The average molecular weight is 423 g/mol. The minimum atomic E-state index is -0.441. The Morgan fingerprint density at radius 2 is 1.76 bits per heavy atom. The maximum absolute atomic E-state index is 13.2. The largest absolute Gasteiger partial charge is 0.397 e. The molecule has 2 aromatic carbocycles. The molecular formula is C21H12ClFN4OS. The molecule has 0 aliphatic rings. The molecule has 0 atom stereocenters. The monoisotopic (exact) mass is 422 g/mol. The third-order valence-electron chi connectivity index (χ3n) is 4.46. The fraction of sp³-hybridized carbons (Fsp3) is 0. The van der Waals surface area contributed by atoms with Crippen molar-refractivity contribution in [2.75, 3.05) is 11.5 Å². The second-order valence-electron chi connectivity index (χ2n) is 6.23. The first-order valence-corrected chi connectivity index (χ1v) is 9.58. The topological polar surface area (TPSA) is 106 Å². The van der Waals surface area contributed by atoms with Gasteiger partial charge in [0.2, 0.25) is 5.78 Å². The number of hydrogen-bond donors (Lipinski definition) is 2. The lowest BCUT2D eigenvalue weighted by molar-refractivity contribution is 0.104. The number of ketones is 1. The van der Waals surface area contributed by atoms with E-state index >= 15 is 0 Å². The molecule has 0 bridgehead atoms. The number of nitrogens with zero attached hydrogens (tertiary/aromatic N) is 2. The van der Waals surface area contributed by atoms with E-state index in [-0.39, 0.29) is 27.7 Å². The number of aromatic nitrogens is 1. The Kier molecular flexibility index (Phi) is 4.66. The highest BCUT2D eigenvalue weighted by atomic mass is 35.5. The van der Waals surface area contributed by atoms with Crippen LogP contribution in [0.15, 0.2) is 48.5 Å². The molecule has 0 aliphatic heterocycles. The predicted molar refractivity (Wildman–Crippen MR) is 113 cm³/mol. The van der Waals surface area contributed by atoms with E-state index in [1.165, 1.54) is 24.3 Å². The lowest BCUT2D eigenvalue weighted by atomic mass is 9.96. The second kappa shape index (κ2) is 7.17. The van der Waals surface area contributed by atoms with Gasteiger partial charge in [-0.2, -0.15) is 5.26 Å². The minimum Gasteiger partial charge on any atom is -0.397 e. The van der Waals surface area contributed by atoms with Gasteiger partial charge in [-0.3, -0.25) is 4.79 Å². The quantitative estimate of drug-likeness (QED) is 0.451. The fourth-order valence-electron chi connectivity index (χ4n) is 3.09. The molecule has 5 nitrogen and oxygen atoms in total. The molecule has 0 saturated carbocycles. The van der Waals surface area contributed by atoms with Gasteiger partial charge in [0.1, 0.15) is 33.0 Å². The van der Waals surface area contributed by atoms with Crippen molar-refractivity contribution in [1.29, 1.82) is 5.26 Å². The number of pyridine rings is 1. The Morgan fingerprint density at radius 1 is 1.10 bits per heavy atom. The molecule has 0 amide bonds. The van der Waals surface area contributed by atoms with Crippen LogP contribution in [0, 0.1) is 17.1 Å². The lowest BCUT2D eigenvalue weighted by Crippen LogP contribution is -2.03. The van der Waals surface area contributed by atoms with Crippen LogP contribution in [-0.2, 0) is 0 Å². The van der Waals surface area contributed by atoms with Gasteiger partial charge in [-0.25, -0.2) is 9.37 Å². The Bertz CT molecular complexity index is 1310. The van der Waals surface area contributed by atoms with E-state index in [2.05, 4.69) is 11.1 Å². The summed E-state index contributed by atoms with van der Waals surface area (Å²) < 4.78 is 13.2. The summed E-state index contributed by atoms with van der Waals surface area (Å²) in [4.78, 5) is 17.9. The van der Waals surface area contributed by atoms with Crippen molar-refractivity contribution in [3.8, 4) is 17.2 Å². The van der Waals surface area contributed by atoms with Crippen LogP contribution >= 0.6 is 22.9 Å². The molecule has 0 aliphatic carbocycles.